The predicted molar refractivity (Wildman–Crippen MR) is 61.1 cm³/mol. The standard InChI is InChI=1S/C12H14ClNO/c1-9(2)5-6-15-11-4-3-10(8-14)12(13)7-11/h3-4,7,9H,5-6H2,1-2H3. The number of hydrogen-bond donors (Lipinski definition) is 0. The van der Waals surface area contributed by atoms with Gasteiger partial charge in [-0.3, -0.25) is 0 Å². The highest BCUT2D eigenvalue weighted by atomic mass is 35.5. The number of nitriles is 1. The Morgan fingerprint density at radius 3 is 2.73 bits per heavy atom. The molecule has 1 rings (SSSR count). The molecule has 0 bridgehead atoms. The summed E-state index contributed by atoms with van der Waals surface area (Å²) in [4.78, 5) is 0. The molecule has 80 valence electrons. The van der Waals surface area contributed by atoms with Gasteiger partial charge >= 0.3 is 0 Å². The second kappa shape index (κ2) is 5.63. The molecule has 0 radical (unpaired) electrons. The van der Waals surface area contributed by atoms with Crippen LogP contribution < -0.4 is 4.74 Å². The zero-order valence-electron chi connectivity index (χ0n) is 8.96. The highest BCUT2D eigenvalue weighted by Crippen LogP contribution is 2.22. The summed E-state index contributed by atoms with van der Waals surface area (Å²) in [6.07, 6.45) is 1.01. The van der Waals surface area contributed by atoms with E-state index in [4.69, 9.17) is 21.6 Å². The number of hydrogen-bond acceptors (Lipinski definition) is 2. The van der Waals surface area contributed by atoms with Crippen molar-refractivity contribution in [2.24, 2.45) is 5.92 Å². The molecule has 1 aromatic carbocycles. The molecule has 3 heteroatoms. The molecule has 0 saturated carbocycles. The van der Waals surface area contributed by atoms with E-state index in [0.29, 0.717) is 23.1 Å². The molecule has 0 N–H and O–H groups in total. The third-order valence-electron chi connectivity index (χ3n) is 2.02. The molecule has 0 amide bonds. The summed E-state index contributed by atoms with van der Waals surface area (Å²) in [6, 6.07) is 7.13. The van der Waals surface area contributed by atoms with Crippen LogP contribution in [0.5, 0.6) is 5.75 Å². The summed E-state index contributed by atoms with van der Waals surface area (Å²) in [5.74, 6) is 1.35. The van der Waals surface area contributed by atoms with Crippen LogP contribution in [0.25, 0.3) is 0 Å². The first kappa shape index (κ1) is 11.9. The monoisotopic (exact) mass is 223 g/mol. The number of halogens is 1. The van der Waals surface area contributed by atoms with Gasteiger partial charge in [0.25, 0.3) is 0 Å². The van der Waals surface area contributed by atoms with Crippen molar-refractivity contribution in [3.63, 3.8) is 0 Å². The topological polar surface area (TPSA) is 33.0 Å². The van der Waals surface area contributed by atoms with E-state index in [-0.39, 0.29) is 0 Å². The molecule has 0 aliphatic heterocycles. The Bertz CT molecular complexity index is 368. The van der Waals surface area contributed by atoms with Crippen molar-refractivity contribution in [2.75, 3.05) is 6.61 Å². The predicted octanol–water partition coefficient (Wildman–Crippen LogP) is 3.64. The van der Waals surface area contributed by atoms with Gasteiger partial charge in [-0.05, 0) is 24.5 Å². The minimum absolute atomic E-state index is 0.444. The Morgan fingerprint density at radius 1 is 1.47 bits per heavy atom. The molecule has 1 aromatic rings. The molecule has 0 aliphatic carbocycles. The third-order valence-corrected chi connectivity index (χ3v) is 2.34. The van der Waals surface area contributed by atoms with Crippen LogP contribution in [0.3, 0.4) is 0 Å². The minimum atomic E-state index is 0.444. The SMILES string of the molecule is CC(C)CCOc1ccc(C#N)c(Cl)c1. The normalized spacial score (nSPS) is 10.1. The van der Waals surface area contributed by atoms with Crippen LogP contribution in [0.15, 0.2) is 18.2 Å². The third kappa shape index (κ3) is 3.81. The molecule has 0 aromatic heterocycles. The van der Waals surface area contributed by atoms with Gasteiger partial charge in [-0.1, -0.05) is 25.4 Å². The Hall–Kier alpha value is -1.20. The fourth-order valence-electron chi connectivity index (χ4n) is 1.09. The largest absolute Gasteiger partial charge is 0.494 e. The second-order valence-corrected chi connectivity index (χ2v) is 4.19. The quantitative estimate of drug-likeness (QED) is 0.781. The first-order valence-corrected chi connectivity index (χ1v) is 5.33. The summed E-state index contributed by atoms with van der Waals surface area (Å²) >= 11 is 5.87. The number of benzene rings is 1. The lowest BCUT2D eigenvalue weighted by molar-refractivity contribution is 0.289. The van der Waals surface area contributed by atoms with Gasteiger partial charge in [0.05, 0.1) is 17.2 Å². The lowest BCUT2D eigenvalue weighted by atomic mass is 10.1. The molecule has 0 fully saturated rings. The van der Waals surface area contributed by atoms with Crippen molar-refractivity contribution >= 4 is 11.6 Å². The lowest BCUT2D eigenvalue weighted by Gasteiger charge is -2.08. The second-order valence-electron chi connectivity index (χ2n) is 3.78. The van der Waals surface area contributed by atoms with Gasteiger partial charge in [0.15, 0.2) is 0 Å². The van der Waals surface area contributed by atoms with Gasteiger partial charge in [0, 0.05) is 6.07 Å². The van der Waals surface area contributed by atoms with Crippen LogP contribution in [0.2, 0.25) is 5.02 Å². The van der Waals surface area contributed by atoms with E-state index in [1.165, 1.54) is 0 Å². The maximum atomic E-state index is 8.68. The molecule has 0 spiro atoms. The van der Waals surface area contributed by atoms with Crippen LogP contribution in [-0.2, 0) is 0 Å². The highest BCUT2D eigenvalue weighted by Gasteiger charge is 2.02. The van der Waals surface area contributed by atoms with Gasteiger partial charge in [-0.2, -0.15) is 5.26 Å². The summed E-state index contributed by atoms with van der Waals surface area (Å²) < 4.78 is 5.50. The first-order chi connectivity index (χ1) is 7.13. The van der Waals surface area contributed by atoms with E-state index >= 15 is 0 Å². The van der Waals surface area contributed by atoms with Crippen molar-refractivity contribution in [3.05, 3.63) is 28.8 Å². The van der Waals surface area contributed by atoms with E-state index in [9.17, 15) is 0 Å². The van der Waals surface area contributed by atoms with E-state index in [2.05, 4.69) is 13.8 Å². The molecular formula is C12H14ClNO. The van der Waals surface area contributed by atoms with Gasteiger partial charge in [-0.15, -0.1) is 0 Å². The average Bonchev–Trinajstić information content (AvgIpc) is 2.17. The zero-order valence-corrected chi connectivity index (χ0v) is 9.71. The van der Waals surface area contributed by atoms with Crippen LogP contribution in [0.4, 0.5) is 0 Å². The molecule has 0 heterocycles. The zero-order chi connectivity index (χ0) is 11.3. The van der Waals surface area contributed by atoms with Crippen LogP contribution >= 0.6 is 11.6 Å². The summed E-state index contributed by atoms with van der Waals surface area (Å²) in [7, 11) is 0. The van der Waals surface area contributed by atoms with E-state index in [0.717, 1.165) is 12.2 Å². The number of nitrogens with zero attached hydrogens (tertiary/aromatic N) is 1. The van der Waals surface area contributed by atoms with Crippen LogP contribution in [-0.4, -0.2) is 6.61 Å². The molecule has 0 atom stereocenters. The summed E-state index contributed by atoms with van der Waals surface area (Å²) in [5.41, 5.74) is 0.480. The van der Waals surface area contributed by atoms with E-state index in [1.807, 2.05) is 6.07 Å². The fraction of sp³-hybridized carbons (Fsp3) is 0.417. The van der Waals surface area contributed by atoms with Gasteiger partial charge in [-0.25, -0.2) is 0 Å². The molecule has 0 aliphatic rings. The molecule has 15 heavy (non-hydrogen) atoms. The fourth-order valence-corrected chi connectivity index (χ4v) is 1.30. The van der Waals surface area contributed by atoms with Gasteiger partial charge in [0.1, 0.15) is 11.8 Å². The Labute approximate surface area is 95.4 Å². The van der Waals surface area contributed by atoms with E-state index in [1.54, 1.807) is 18.2 Å². The lowest BCUT2D eigenvalue weighted by Crippen LogP contribution is -2.01. The smallest absolute Gasteiger partial charge is 0.120 e. The van der Waals surface area contributed by atoms with Crippen molar-refractivity contribution in [1.29, 1.82) is 5.26 Å². The maximum Gasteiger partial charge on any atom is 0.120 e. The first-order valence-electron chi connectivity index (χ1n) is 4.96. The van der Waals surface area contributed by atoms with Crippen molar-refractivity contribution in [1.82, 2.24) is 0 Å². The highest BCUT2D eigenvalue weighted by molar-refractivity contribution is 6.31. The van der Waals surface area contributed by atoms with Crippen molar-refractivity contribution in [3.8, 4) is 11.8 Å². The molecule has 2 nitrogen and oxygen atoms in total. The van der Waals surface area contributed by atoms with Crippen LogP contribution in [0, 0.1) is 17.2 Å². The Morgan fingerprint density at radius 2 is 2.20 bits per heavy atom. The number of rotatable bonds is 4. The summed E-state index contributed by atoms with van der Waals surface area (Å²) in [5, 5.41) is 9.13. The van der Waals surface area contributed by atoms with E-state index < -0.39 is 0 Å². The molecular weight excluding hydrogens is 210 g/mol. The van der Waals surface area contributed by atoms with Crippen molar-refractivity contribution in [2.45, 2.75) is 20.3 Å². The molecule has 0 saturated heterocycles. The Kier molecular flexibility index (Phi) is 4.45. The minimum Gasteiger partial charge on any atom is -0.494 e. The van der Waals surface area contributed by atoms with Crippen LogP contribution in [0.1, 0.15) is 25.8 Å². The average molecular weight is 224 g/mol. The number of ether oxygens (including phenoxy) is 1. The summed E-state index contributed by atoms with van der Waals surface area (Å²) in [6.45, 7) is 4.98. The van der Waals surface area contributed by atoms with Crippen molar-refractivity contribution < 1.29 is 4.74 Å². The maximum absolute atomic E-state index is 8.68. The van der Waals surface area contributed by atoms with Gasteiger partial charge in [0.2, 0.25) is 0 Å². The Balaban J connectivity index is 2.57. The molecule has 0 unspecified atom stereocenters. The van der Waals surface area contributed by atoms with Gasteiger partial charge < -0.3 is 4.74 Å².